The van der Waals surface area contributed by atoms with E-state index in [4.69, 9.17) is 9.72 Å². The molecule has 2 heterocycles. The summed E-state index contributed by atoms with van der Waals surface area (Å²) >= 11 is 0. The molecular weight excluding hydrogens is 376 g/mol. The second-order valence-corrected chi connectivity index (χ2v) is 7.01. The fraction of sp³-hybridized carbons (Fsp3) is 0.208. The summed E-state index contributed by atoms with van der Waals surface area (Å²) in [6, 6.07) is 19.6. The number of nitrogens with zero attached hydrogens (tertiary/aromatic N) is 3. The van der Waals surface area contributed by atoms with Gasteiger partial charge in [0.05, 0.1) is 24.7 Å². The van der Waals surface area contributed by atoms with Crippen LogP contribution in [0.1, 0.15) is 28.2 Å². The molecule has 6 nitrogen and oxygen atoms in total. The van der Waals surface area contributed by atoms with E-state index in [1.165, 1.54) is 0 Å². The topological polar surface area (TPSA) is 69.0 Å². The number of pyridine rings is 1. The number of nitrogens with one attached hydrogen (secondary N) is 1. The molecule has 1 N–H and O–H groups in total. The second-order valence-electron chi connectivity index (χ2n) is 7.01. The molecule has 2 aromatic heterocycles. The molecule has 0 aliphatic heterocycles. The predicted octanol–water partition coefficient (Wildman–Crippen LogP) is 3.85. The maximum absolute atomic E-state index is 12.2. The standard InChI is InChI=1S/C24H24N4O2/c1-30-22-10-5-2-7-19(22)17-28-21-9-4-3-8-20(21)27-23(28)11-6-14-26-24(29)18-12-15-25-16-13-18/h2-5,7-10,12-13,15-16H,6,11,14,17H2,1H3,(H,26,29). The number of benzene rings is 2. The predicted molar refractivity (Wildman–Crippen MR) is 117 cm³/mol. The summed E-state index contributed by atoms with van der Waals surface area (Å²) in [4.78, 5) is 21.0. The Labute approximate surface area is 175 Å². The molecule has 0 spiro atoms. The van der Waals surface area contributed by atoms with Crippen LogP contribution in [0.3, 0.4) is 0 Å². The number of carbonyl (C=O) groups excluding carboxylic acids is 1. The summed E-state index contributed by atoms with van der Waals surface area (Å²) in [5, 5.41) is 2.97. The first kappa shape index (κ1) is 19.6. The van der Waals surface area contributed by atoms with Gasteiger partial charge in [-0.1, -0.05) is 30.3 Å². The van der Waals surface area contributed by atoms with Crippen LogP contribution in [0.25, 0.3) is 11.0 Å². The van der Waals surface area contributed by atoms with Crippen molar-refractivity contribution >= 4 is 16.9 Å². The van der Waals surface area contributed by atoms with Crippen molar-refractivity contribution in [2.75, 3.05) is 13.7 Å². The lowest BCUT2D eigenvalue weighted by molar-refractivity contribution is 0.0953. The van der Waals surface area contributed by atoms with Gasteiger partial charge in [0.25, 0.3) is 5.91 Å². The zero-order chi connectivity index (χ0) is 20.8. The molecule has 2 aromatic carbocycles. The van der Waals surface area contributed by atoms with Crippen molar-refractivity contribution < 1.29 is 9.53 Å². The van der Waals surface area contributed by atoms with Crippen molar-refractivity contribution in [3.8, 4) is 5.75 Å². The van der Waals surface area contributed by atoms with Gasteiger partial charge in [0.15, 0.2) is 0 Å². The Balaban J connectivity index is 1.48. The molecule has 1 amide bonds. The summed E-state index contributed by atoms with van der Waals surface area (Å²) in [6.45, 7) is 1.27. The number of imidazole rings is 1. The summed E-state index contributed by atoms with van der Waals surface area (Å²) in [5.41, 5.74) is 3.80. The van der Waals surface area contributed by atoms with Gasteiger partial charge in [-0.15, -0.1) is 0 Å². The van der Waals surface area contributed by atoms with Gasteiger partial charge in [-0.2, -0.15) is 0 Å². The van der Waals surface area contributed by atoms with Crippen LogP contribution in [-0.2, 0) is 13.0 Å². The van der Waals surface area contributed by atoms with Gasteiger partial charge >= 0.3 is 0 Å². The smallest absolute Gasteiger partial charge is 0.251 e. The van der Waals surface area contributed by atoms with Crippen LogP contribution in [-0.4, -0.2) is 34.1 Å². The highest BCUT2D eigenvalue weighted by Crippen LogP contribution is 2.23. The molecule has 0 fully saturated rings. The first-order chi connectivity index (χ1) is 14.8. The normalized spacial score (nSPS) is 10.8. The third-order valence-electron chi connectivity index (χ3n) is 5.06. The first-order valence-electron chi connectivity index (χ1n) is 10.0. The highest BCUT2D eigenvalue weighted by atomic mass is 16.5. The summed E-state index contributed by atoms with van der Waals surface area (Å²) in [6.07, 6.45) is 4.80. The molecule has 0 saturated carbocycles. The van der Waals surface area contributed by atoms with Crippen LogP contribution in [0.4, 0.5) is 0 Å². The minimum Gasteiger partial charge on any atom is -0.496 e. The first-order valence-corrected chi connectivity index (χ1v) is 10.0. The maximum Gasteiger partial charge on any atom is 0.251 e. The number of methoxy groups -OCH3 is 1. The minimum absolute atomic E-state index is 0.0834. The van der Waals surface area contributed by atoms with Gasteiger partial charge < -0.3 is 14.6 Å². The van der Waals surface area contributed by atoms with Crippen molar-refractivity contribution in [1.82, 2.24) is 19.9 Å². The SMILES string of the molecule is COc1ccccc1Cn1c(CCCNC(=O)c2ccncc2)nc2ccccc21. The molecule has 4 aromatic rings. The quantitative estimate of drug-likeness (QED) is 0.456. The summed E-state index contributed by atoms with van der Waals surface area (Å²) < 4.78 is 7.76. The number of carbonyl (C=O) groups is 1. The number of fused-ring (bicyclic) bond motifs is 1. The number of aryl methyl sites for hydroxylation is 1. The molecule has 0 saturated heterocycles. The van der Waals surface area contributed by atoms with E-state index in [9.17, 15) is 4.79 Å². The number of rotatable bonds is 8. The number of hydrogen-bond acceptors (Lipinski definition) is 4. The lowest BCUT2D eigenvalue weighted by Crippen LogP contribution is -2.25. The highest BCUT2D eigenvalue weighted by Gasteiger charge is 2.13. The van der Waals surface area contributed by atoms with Crippen molar-refractivity contribution in [3.05, 3.63) is 90.0 Å². The van der Waals surface area contributed by atoms with Gasteiger partial charge in [0.2, 0.25) is 0 Å². The number of amides is 1. The molecule has 0 atom stereocenters. The Bertz CT molecular complexity index is 1140. The highest BCUT2D eigenvalue weighted by molar-refractivity contribution is 5.93. The number of ether oxygens (including phenoxy) is 1. The van der Waals surface area contributed by atoms with Gasteiger partial charge in [-0.3, -0.25) is 9.78 Å². The molecule has 0 aliphatic carbocycles. The van der Waals surface area contributed by atoms with Crippen LogP contribution in [0.2, 0.25) is 0 Å². The number of aromatic nitrogens is 3. The monoisotopic (exact) mass is 400 g/mol. The van der Waals surface area contributed by atoms with E-state index >= 15 is 0 Å². The van der Waals surface area contributed by atoms with Crippen LogP contribution in [0.15, 0.2) is 73.1 Å². The van der Waals surface area contributed by atoms with Gasteiger partial charge in [0, 0.05) is 36.5 Å². The average molecular weight is 400 g/mol. The molecular formula is C24H24N4O2. The zero-order valence-electron chi connectivity index (χ0n) is 16.9. The van der Waals surface area contributed by atoms with E-state index < -0.39 is 0 Å². The number of para-hydroxylation sites is 3. The van der Waals surface area contributed by atoms with Gasteiger partial charge in [-0.25, -0.2) is 4.98 Å². The van der Waals surface area contributed by atoms with E-state index in [-0.39, 0.29) is 5.91 Å². The molecule has 4 rings (SSSR count). The molecule has 0 bridgehead atoms. The molecule has 0 aliphatic rings. The van der Waals surface area contributed by atoms with Gasteiger partial charge in [-0.05, 0) is 36.8 Å². The lowest BCUT2D eigenvalue weighted by atomic mass is 10.2. The largest absolute Gasteiger partial charge is 0.496 e. The minimum atomic E-state index is -0.0834. The lowest BCUT2D eigenvalue weighted by Gasteiger charge is -2.13. The van der Waals surface area contributed by atoms with Crippen LogP contribution in [0, 0.1) is 0 Å². The Morgan fingerprint density at radius 2 is 1.80 bits per heavy atom. The maximum atomic E-state index is 12.2. The molecule has 152 valence electrons. The Morgan fingerprint density at radius 3 is 2.63 bits per heavy atom. The summed E-state index contributed by atoms with van der Waals surface area (Å²) in [7, 11) is 1.69. The Hall–Kier alpha value is -3.67. The molecule has 30 heavy (non-hydrogen) atoms. The van der Waals surface area contributed by atoms with E-state index in [2.05, 4.69) is 27.0 Å². The fourth-order valence-electron chi connectivity index (χ4n) is 3.55. The third kappa shape index (κ3) is 4.33. The van der Waals surface area contributed by atoms with E-state index in [1.807, 2.05) is 36.4 Å². The zero-order valence-corrected chi connectivity index (χ0v) is 16.9. The van der Waals surface area contributed by atoms with Crippen LogP contribution in [0.5, 0.6) is 5.75 Å². The van der Waals surface area contributed by atoms with Crippen molar-refractivity contribution in [2.45, 2.75) is 19.4 Å². The Kier molecular flexibility index (Phi) is 6.03. The molecule has 0 radical (unpaired) electrons. The van der Waals surface area contributed by atoms with Crippen molar-refractivity contribution in [1.29, 1.82) is 0 Å². The average Bonchev–Trinajstić information content (AvgIpc) is 3.15. The Morgan fingerprint density at radius 1 is 1.03 bits per heavy atom. The number of hydrogen-bond donors (Lipinski definition) is 1. The van der Waals surface area contributed by atoms with Crippen LogP contribution >= 0.6 is 0 Å². The summed E-state index contributed by atoms with van der Waals surface area (Å²) in [5.74, 6) is 1.78. The third-order valence-corrected chi connectivity index (χ3v) is 5.06. The van der Waals surface area contributed by atoms with E-state index in [0.717, 1.165) is 41.0 Å². The second kappa shape index (κ2) is 9.22. The molecule has 6 heteroatoms. The van der Waals surface area contributed by atoms with Crippen LogP contribution < -0.4 is 10.1 Å². The van der Waals surface area contributed by atoms with Gasteiger partial charge in [0.1, 0.15) is 11.6 Å². The van der Waals surface area contributed by atoms with Crippen molar-refractivity contribution in [2.24, 2.45) is 0 Å². The van der Waals surface area contributed by atoms with Crippen molar-refractivity contribution in [3.63, 3.8) is 0 Å². The molecule has 0 unspecified atom stereocenters. The van der Waals surface area contributed by atoms with E-state index in [0.29, 0.717) is 18.7 Å². The van der Waals surface area contributed by atoms with E-state index in [1.54, 1.807) is 31.6 Å². The fourth-order valence-corrected chi connectivity index (χ4v) is 3.55.